The average molecular weight is 376 g/mol. The molecule has 2 N–H and O–H groups in total. The normalized spacial score (nSPS) is 11.1. The molecule has 2 aromatic carbocycles. The first-order valence-corrected chi connectivity index (χ1v) is 8.54. The van der Waals surface area contributed by atoms with Gasteiger partial charge in [0.25, 0.3) is 5.91 Å². The fourth-order valence-electron chi connectivity index (χ4n) is 2.50. The fourth-order valence-corrected chi connectivity index (χ4v) is 2.50. The number of amides is 1. The number of hydrazone groups is 1. The van der Waals surface area contributed by atoms with Gasteiger partial charge in [0.15, 0.2) is 0 Å². The molecule has 0 radical (unpaired) electrons. The summed E-state index contributed by atoms with van der Waals surface area (Å²) in [5, 5.41) is 10.8. The molecule has 0 fully saturated rings. The first kappa shape index (κ1) is 18.9. The summed E-state index contributed by atoms with van der Waals surface area (Å²) in [6.07, 6.45) is 5.05. The molecule has 0 unspecified atom stereocenters. The molecule has 0 aliphatic carbocycles. The molecule has 142 valence electrons. The molecule has 28 heavy (non-hydrogen) atoms. The van der Waals surface area contributed by atoms with Crippen LogP contribution in [0.25, 0.3) is 17.3 Å². The van der Waals surface area contributed by atoms with Crippen molar-refractivity contribution < 1.29 is 14.3 Å². The number of aromatic amines is 1. The van der Waals surface area contributed by atoms with Crippen molar-refractivity contribution in [2.24, 2.45) is 5.10 Å². The second-order valence-electron chi connectivity index (χ2n) is 5.72. The number of aromatic nitrogens is 2. The zero-order valence-corrected chi connectivity index (χ0v) is 15.5. The largest absolute Gasteiger partial charge is 0.497 e. The van der Waals surface area contributed by atoms with Crippen molar-refractivity contribution in [2.75, 3.05) is 14.2 Å². The van der Waals surface area contributed by atoms with Crippen LogP contribution in [0.1, 0.15) is 16.1 Å². The number of rotatable bonds is 7. The highest BCUT2D eigenvalue weighted by Gasteiger charge is 2.10. The maximum absolute atomic E-state index is 12.2. The number of hydrogen-bond acceptors (Lipinski definition) is 5. The van der Waals surface area contributed by atoms with Gasteiger partial charge in [0.05, 0.1) is 19.9 Å². The summed E-state index contributed by atoms with van der Waals surface area (Å²) in [6, 6.07) is 16.7. The number of nitrogens with one attached hydrogen (secondary N) is 2. The highest BCUT2D eigenvalue weighted by atomic mass is 16.5. The van der Waals surface area contributed by atoms with Crippen LogP contribution in [0.4, 0.5) is 0 Å². The number of nitrogens with zero attached hydrogens (tertiary/aromatic N) is 2. The predicted molar refractivity (Wildman–Crippen MR) is 109 cm³/mol. The monoisotopic (exact) mass is 376 g/mol. The molecule has 1 aromatic heterocycles. The van der Waals surface area contributed by atoms with Crippen molar-refractivity contribution in [3.8, 4) is 22.8 Å². The maximum Gasteiger partial charge on any atom is 0.289 e. The van der Waals surface area contributed by atoms with Crippen molar-refractivity contribution in [2.45, 2.75) is 0 Å². The van der Waals surface area contributed by atoms with E-state index < -0.39 is 0 Å². The summed E-state index contributed by atoms with van der Waals surface area (Å²) in [5.74, 6) is 1.14. The Bertz CT molecular complexity index is 991. The third-order valence-electron chi connectivity index (χ3n) is 3.95. The number of carbonyl (C=O) groups excluding carboxylic acids is 1. The number of methoxy groups -OCH3 is 2. The molecule has 0 saturated carbocycles. The fraction of sp³-hybridized carbons (Fsp3) is 0.0952. The van der Waals surface area contributed by atoms with E-state index in [-0.39, 0.29) is 5.91 Å². The Labute approximate surface area is 162 Å². The lowest BCUT2D eigenvalue weighted by Gasteiger charge is -2.02. The van der Waals surface area contributed by atoms with Crippen LogP contribution in [-0.2, 0) is 0 Å². The van der Waals surface area contributed by atoms with Gasteiger partial charge < -0.3 is 9.47 Å². The number of hydrogen-bond donors (Lipinski definition) is 2. The van der Waals surface area contributed by atoms with Gasteiger partial charge in [0, 0.05) is 17.3 Å². The van der Waals surface area contributed by atoms with E-state index in [0.717, 1.165) is 22.6 Å². The smallest absolute Gasteiger partial charge is 0.289 e. The van der Waals surface area contributed by atoms with Gasteiger partial charge >= 0.3 is 0 Å². The minimum absolute atomic E-state index is 0.316. The number of carbonyl (C=O) groups is 1. The highest BCUT2D eigenvalue weighted by molar-refractivity contribution is 5.94. The Hall–Kier alpha value is -3.87. The van der Waals surface area contributed by atoms with Crippen molar-refractivity contribution in [1.29, 1.82) is 0 Å². The zero-order chi connectivity index (χ0) is 19.8. The average Bonchev–Trinajstić information content (AvgIpc) is 3.24. The Morgan fingerprint density at radius 1 is 1.11 bits per heavy atom. The van der Waals surface area contributed by atoms with Crippen LogP contribution in [0.3, 0.4) is 0 Å². The van der Waals surface area contributed by atoms with Gasteiger partial charge in [-0.3, -0.25) is 9.89 Å². The molecule has 0 saturated heterocycles. The minimum Gasteiger partial charge on any atom is -0.497 e. The second-order valence-corrected chi connectivity index (χ2v) is 5.72. The molecular formula is C21H20N4O3. The number of H-pyrrole nitrogens is 1. The Morgan fingerprint density at radius 2 is 1.89 bits per heavy atom. The van der Waals surface area contributed by atoms with Gasteiger partial charge in [-0.25, -0.2) is 5.43 Å². The lowest BCUT2D eigenvalue weighted by molar-refractivity contribution is 0.0950. The van der Waals surface area contributed by atoms with E-state index in [2.05, 4.69) is 20.7 Å². The van der Waals surface area contributed by atoms with Gasteiger partial charge in [-0.1, -0.05) is 18.2 Å². The van der Waals surface area contributed by atoms with E-state index in [4.69, 9.17) is 9.47 Å². The molecule has 0 aliphatic heterocycles. The molecule has 3 rings (SSSR count). The molecule has 1 amide bonds. The summed E-state index contributed by atoms with van der Waals surface area (Å²) in [6.45, 7) is 0. The van der Waals surface area contributed by atoms with E-state index >= 15 is 0 Å². The van der Waals surface area contributed by atoms with Crippen LogP contribution in [0.15, 0.2) is 65.8 Å². The van der Waals surface area contributed by atoms with Crippen LogP contribution < -0.4 is 14.9 Å². The quantitative estimate of drug-likeness (QED) is 0.488. The summed E-state index contributed by atoms with van der Waals surface area (Å²) in [4.78, 5) is 12.2. The van der Waals surface area contributed by atoms with Gasteiger partial charge in [0.2, 0.25) is 0 Å². The number of para-hydroxylation sites is 1. The van der Waals surface area contributed by atoms with E-state index in [1.165, 1.54) is 6.21 Å². The van der Waals surface area contributed by atoms with E-state index in [1.54, 1.807) is 26.4 Å². The van der Waals surface area contributed by atoms with Crippen LogP contribution in [0, 0.1) is 0 Å². The Kier molecular flexibility index (Phi) is 6.20. The van der Waals surface area contributed by atoms with Crippen LogP contribution in [-0.4, -0.2) is 36.5 Å². The summed E-state index contributed by atoms with van der Waals surface area (Å²) >= 11 is 0. The summed E-state index contributed by atoms with van der Waals surface area (Å²) in [5.41, 5.74) is 5.22. The standard InChI is InChI=1S/C21H20N4O3/c1-27-17-11-9-15(10-12-17)18-14-19(24-23-18)21(26)25-22-13-5-7-16-6-3-4-8-20(16)28-2/h3-14H,1-2H3,(H,23,24)(H,25,26)/b7-5+,22-13-. The number of ether oxygens (including phenoxy) is 2. The first-order valence-electron chi connectivity index (χ1n) is 8.54. The topological polar surface area (TPSA) is 88.6 Å². The lowest BCUT2D eigenvalue weighted by atomic mass is 10.1. The summed E-state index contributed by atoms with van der Waals surface area (Å²) in [7, 11) is 3.23. The molecule has 0 atom stereocenters. The molecule has 0 bridgehead atoms. The number of allylic oxidation sites excluding steroid dienone is 1. The highest BCUT2D eigenvalue weighted by Crippen LogP contribution is 2.21. The SMILES string of the molecule is COc1ccc(-c2cc(C(=O)N/N=C\C=C\c3ccccc3OC)[nH]n2)cc1. The second kappa shape index (κ2) is 9.18. The van der Waals surface area contributed by atoms with Crippen molar-refractivity contribution in [1.82, 2.24) is 15.6 Å². The maximum atomic E-state index is 12.2. The van der Waals surface area contributed by atoms with Gasteiger partial charge in [-0.05, 0) is 48.6 Å². The lowest BCUT2D eigenvalue weighted by Crippen LogP contribution is -2.17. The van der Waals surface area contributed by atoms with E-state index in [1.807, 2.05) is 54.6 Å². The third kappa shape index (κ3) is 4.64. The molecule has 0 spiro atoms. The van der Waals surface area contributed by atoms with Crippen LogP contribution >= 0.6 is 0 Å². The van der Waals surface area contributed by atoms with E-state index in [9.17, 15) is 4.79 Å². The molecule has 0 aliphatic rings. The van der Waals surface area contributed by atoms with E-state index in [0.29, 0.717) is 11.4 Å². The third-order valence-corrected chi connectivity index (χ3v) is 3.95. The summed E-state index contributed by atoms with van der Waals surface area (Å²) < 4.78 is 10.4. The van der Waals surface area contributed by atoms with Gasteiger partial charge in [-0.15, -0.1) is 0 Å². The molecule has 7 heteroatoms. The van der Waals surface area contributed by atoms with Crippen LogP contribution in [0.5, 0.6) is 11.5 Å². The molecule has 7 nitrogen and oxygen atoms in total. The molecular weight excluding hydrogens is 356 g/mol. The van der Waals surface area contributed by atoms with Gasteiger partial charge in [0.1, 0.15) is 17.2 Å². The van der Waals surface area contributed by atoms with Crippen LogP contribution in [0.2, 0.25) is 0 Å². The molecule has 1 heterocycles. The molecule has 3 aromatic rings. The zero-order valence-electron chi connectivity index (χ0n) is 15.5. The minimum atomic E-state index is -0.380. The van der Waals surface area contributed by atoms with Crippen molar-refractivity contribution in [3.63, 3.8) is 0 Å². The van der Waals surface area contributed by atoms with Gasteiger partial charge in [-0.2, -0.15) is 10.2 Å². The first-order chi connectivity index (χ1) is 13.7. The number of benzene rings is 2. The predicted octanol–water partition coefficient (Wildman–Crippen LogP) is 3.52. The Balaban J connectivity index is 1.58. The van der Waals surface area contributed by atoms with Crippen molar-refractivity contribution in [3.05, 3.63) is 71.9 Å². The van der Waals surface area contributed by atoms with Crippen molar-refractivity contribution >= 4 is 18.2 Å². The Morgan fingerprint density at radius 3 is 2.64 bits per heavy atom.